The maximum absolute atomic E-state index is 13.0. The lowest BCUT2D eigenvalue weighted by Crippen LogP contribution is -2.13. The molecule has 0 N–H and O–H groups in total. The summed E-state index contributed by atoms with van der Waals surface area (Å²) in [5, 5.41) is -0.712. The number of halogens is 9. The smallest absolute Gasteiger partial charge is 0.251 e. The summed E-state index contributed by atoms with van der Waals surface area (Å²) in [7, 11) is 0. The molecular formula is C13H4Cl3F6N. The van der Waals surface area contributed by atoms with Gasteiger partial charge < -0.3 is 0 Å². The lowest BCUT2D eigenvalue weighted by atomic mass is 10.0. The molecule has 23 heavy (non-hydrogen) atoms. The van der Waals surface area contributed by atoms with Crippen LogP contribution in [-0.4, -0.2) is 4.98 Å². The molecule has 1 heterocycles. The van der Waals surface area contributed by atoms with E-state index in [0.717, 1.165) is 12.1 Å². The summed E-state index contributed by atoms with van der Waals surface area (Å²) in [6.45, 7) is 0. The molecular weight excluding hydrogens is 390 g/mol. The topological polar surface area (TPSA) is 12.9 Å². The second-order valence-electron chi connectivity index (χ2n) is 4.34. The quantitative estimate of drug-likeness (QED) is 0.385. The zero-order valence-corrected chi connectivity index (χ0v) is 12.9. The molecule has 1 aromatic carbocycles. The van der Waals surface area contributed by atoms with E-state index in [-0.39, 0.29) is 21.8 Å². The Morgan fingerprint density at radius 2 is 1.39 bits per heavy atom. The molecule has 0 aliphatic carbocycles. The molecule has 0 unspecified atom stereocenters. The Morgan fingerprint density at radius 3 is 1.91 bits per heavy atom. The fourth-order valence-corrected chi connectivity index (χ4v) is 2.42. The monoisotopic (exact) mass is 393 g/mol. The minimum absolute atomic E-state index is 0.0473. The highest BCUT2D eigenvalue weighted by Crippen LogP contribution is 2.44. The van der Waals surface area contributed by atoms with Gasteiger partial charge in [0.2, 0.25) is 0 Å². The van der Waals surface area contributed by atoms with Crippen molar-refractivity contribution in [2.45, 2.75) is 12.4 Å². The Kier molecular flexibility index (Phi) is 4.76. The number of hydrogen-bond donors (Lipinski definition) is 0. The van der Waals surface area contributed by atoms with Crippen molar-refractivity contribution in [1.29, 1.82) is 0 Å². The van der Waals surface area contributed by atoms with Gasteiger partial charge in [-0.25, -0.2) is 0 Å². The van der Waals surface area contributed by atoms with Gasteiger partial charge in [0.15, 0.2) is 5.69 Å². The maximum Gasteiger partial charge on any atom is 0.433 e. The van der Waals surface area contributed by atoms with E-state index < -0.39 is 34.2 Å². The number of nitrogens with zero attached hydrogens (tertiary/aromatic N) is 1. The zero-order chi connectivity index (χ0) is 17.6. The van der Waals surface area contributed by atoms with Gasteiger partial charge >= 0.3 is 12.4 Å². The minimum atomic E-state index is -4.98. The van der Waals surface area contributed by atoms with E-state index in [0.29, 0.717) is 6.07 Å². The van der Waals surface area contributed by atoms with Crippen molar-refractivity contribution in [2.75, 3.05) is 0 Å². The first-order valence-corrected chi connectivity index (χ1v) is 6.84. The molecule has 124 valence electrons. The van der Waals surface area contributed by atoms with E-state index in [2.05, 4.69) is 4.98 Å². The molecule has 0 aliphatic rings. The number of rotatable bonds is 1. The van der Waals surface area contributed by atoms with Crippen LogP contribution in [0.2, 0.25) is 15.1 Å². The molecule has 0 bridgehead atoms. The molecule has 0 aliphatic heterocycles. The molecule has 0 saturated carbocycles. The van der Waals surface area contributed by atoms with Crippen LogP contribution in [0.5, 0.6) is 0 Å². The van der Waals surface area contributed by atoms with Crippen molar-refractivity contribution in [2.24, 2.45) is 0 Å². The third-order valence-electron chi connectivity index (χ3n) is 2.81. The van der Waals surface area contributed by atoms with Crippen molar-refractivity contribution in [3.8, 4) is 11.1 Å². The second kappa shape index (κ2) is 6.03. The van der Waals surface area contributed by atoms with Crippen LogP contribution in [0.1, 0.15) is 11.3 Å². The van der Waals surface area contributed by atoms with E-state index in [9.17, 15) is 26.3 Å². The molecule has 0 atom stereocenters. The molecule has 0 fully saturated rings. The fraction of sp³-hybridized carbons (Fsp3) is 0.154. The minimum Gasteiger partial charge on any atom is -0.251 e. The van der Waals surface area contributed by atoms with Crippen LogP contribution in [0, 0.1) is 0 Å². The summed E-state index contributed by atoms with van der Waals surface area (Å²) in [5.41, 5.74) is -4.05. The van der Waals surface area contributed by atoms with Crippen molar-refractivity contribution in [3.05, 3.63) is 50.7 Å². The molecule has 0 saturated heterocycles. The first-order valence-electron chi connectivity index (χ1n) is 5.71. The van der Waals surface area contributed by atoms with Crippen LogP contribution >= 0.6 is 34.8 Å². The Hall–Kier alpha value is -1.18. The van der Waals surface area contributed by atoms with Gasteiger partial charge in [0.1, 0.15) is 0 Å². The van der Waals surface area contributed by atoms with Gasteiger partial charge in [0.05, 0.1) is 20.6 Å². The van der Waals surface area contributed by atoms with Crippen LogP contribution < -0.4 is 0 Å². The molecule has 0 radical (unpaired) electrons. The molecule has 2 aromatic rings. The van der Waals surface area contributed by atoms with Gasteiger partial charge in [-0.15, -0.1) is 0 Å². The summed E-state index contributed by atoms with van der Waals surface area (Å²) in [5.74, 6) is 0. The zero-order valence-electron chi connectivity index (χ0n) is 10.7. The predicted octanol–water partition coefficient (Wildman–Crippen LogP) is 6.75. The van der Waals surface area contributed by atoms with E-state index in [1.165, 1.54) is 0 Å². The van der Waals surface area contributed by atoms with Crippen molar-refractivity contribution < 1.29 is 26.3 Å². The number of alkyl halides is 6. The summed E-state index contributed by atoms with van der Waals surface area (Å²) in [6.07, 6.45) is -9.73. The SMILES string of the molecule is FC(F)(F)c1cnc(C(F)(F)F)c(-c2ccc(Cl)c(Cl)c2Cl)c1. The predicted molar refractivity (Wildman–Crippen MR) is 74.7 cm³/mol. The summed E-state index contributed by atoms with van der Waals surface area (Å²) >= 11 is 17.2. The third-order valence-corrected chi connectivity index (χ3v) is 4.10. The highest BCUT2D eigenvalue weighted by atomic mass is 35.5. The molecule has 10 heteroatoms. The Morgan fingerprint density at radius 1 is 0.783 bits per heavy atom. The Bertz CT molecular complexity index is 755. The average molecular weight is 395 g/mol. The fourth-order valence-electron chi connectivity index (χ4n) is 1.78. The number of benzene rings is 1. The van der Waals surface area contributed by atoms with Crippen molar-refractivity contribution in [3.63, 3.8) is 0 Å². The van der Waals surface area contributed by atoms with E-state index in [1.54, 1.807) is 0 Å². The normalized spacial score (nSPS) is 12.6. The number of hydrogen-bond acceptors (Lipinski definition) is 1. The Labute approximate surface area is 140 Å². The number of pyridine rings is 1. The average Bonchev–Trinajstić information content (AvgIpc) is 2.42. The lowest BCUT2D eigenvalue weighted by molar-refractivity contribution is -0.143. The first kappa shape index (κ1) is 18.2. The summed E-state index contributed by atoms with van der Waals surface area (Å²) in [4.78, 5) is 2.91. The summed E-state index contributed by atoms with van der Waals surface area (Å²) < 4.78 is 77.3. The van der Waals surface area contributed by atoms with E-state index >= 15 is 0 Å². The van der Waals surface area contributed by atoms with Crippen molar-refractivity contribution in [1.82, 2.24) is 4.98 Å². The van der Waals surface area contributed by atoms with Crippen molar-refractivity contribution >= 4 is 34.8 Å². The third kappa shape index (κ3) is 3.67. The highest BCUT2D eigenvalue weighted by Gasteiger charge is 2.39. The standard InChI is InChI=1S/C13H4Cl3F6N/c14-8-2-1-6(9(15)10(8)16)7-3-5(12(17,18)19)4-23-11(7)13(20,21)22/h1-4H. The van der Waals surface area contributed by atoms with Crippen LogP contribution in [-0.2, 0) is 12.4 Å². The highest BCUT2D eigenvalue weighted by molar-refractivity contribution is 6.49. The van der Waals surface area contributed by atoms with Gasteiger partial charge in [-0.1, -0.05) is 40.9 Å². The molecule has 1 aromatic heterocycles. The van der Waals surface area contributed by atoms with Gasteiger partial charge in [0.25, 0.3) is 0 Å². The number of aromatic nitrogens is 1. The van der Waals surface area contributed by atoms with Gasteiger partial charge in [-0.2, -0.15) is 26.3 Å². The van der Waals surface area contributed by atoms with E-state index in [1.807, 2.05) is 0 Å². The lowest BCUT2D eigenvalue weighted by Gasteiger charge is -2.16. The van der Waals surface area contributed by atoms with Crippen LogP contribution in [0.4, 0.5) is 26.3 Å². The van der Waals surface area contributed by atoms with Crippen LogP contribution in [0.25, 0.3) is 11.1 Å². The van der Waals surface area contributed by atoms with Crippen LogP contribution in [0.3, 0.4) is 0 Å². The second-order valence-corrected chi connectivity index (χ2v) is 5.50. The maximum atomic E-state index is 13.0. The van der Waals surface area contributed by atoms with Gasteiger partial charge in [-0.05, 0) is 12.1 Å². The van der Waals surface area contributed by atoms with Crippen LogP contribution in [0.15, 0.2) is 24.4 Å². The molecule has 1 nitrogen and oxygen atoms in total. The molecule has 0 amide bonds. The largest absolute Gasteiger partial charge is 0.433 e. The Balaban J connectivity index is 2.80. The molecule has 0 spiro atoms. The van der Waals surface area contributed by atoms with Gasteiger partial charge in [-0.3, -0.25) is 4.98 Å². The van der Waals surface area contributed by atoms with E-state index in [4.69, 9.17) is 34.8 Å². The summed E-state index contributed by atoms with van der Waals surface area (Å²) in [6, 6.07) is 2.50. The molecule has 2 rings (SSSR count). The first-order chi connectivity index (χ1) is 10.4. The van der Waals surface area contributed by atoms with Gasteiger partial charge in [0, 0.05) is 17.3 Å².